The second-order valence-corrected chi connectivity index (χ2v) is 3.72. The van der Waals surface area contributed by atoms with Crippen molar-refractivity contribution in [2.75, 3.05) is 6.54 Å². The molecule has 1 aromatic rings. The smallest absolute Gasteiger partial charge is 0.406 e. The van der Waals surface area contributed by atoms with Crippen molar-refractivity contribution in [1.29, 1.82) is 0 Å². The molecule has 0 unspecified atom stereocenters. The Morgan fingerprint density at radius 2 is 1.70 bits per heavy atom. The number of nitrogens with two attached hydrogens (primary N) is 3. The summed E-state index contributed by atoms with van der Waals surface area (Å²) in [6.07, 6.45) is -4.21. The van der Waals surface area contributed by atoms with Gasteiger partial charge in [0.15, 0.2) is 5.96 Å². The van der Waals surface area contributed by atoms with Crippen molar-refractivity contribution in [3.63, 3.8) is 0 Å². The second kappa shape index (κ2) is 6.64. The highest BCUT2D eigenvalue weighted by Crippen LogP contribution is 2.22. The highest BCUT2D eigenvalue weighted by atomic mass is 19.4. The van der Waals surface area contributed by atoms with Gasteiger partial charge in [-0.05, 0) is 24.1 Å². The predicted octanol–water partition coefficient (Wildman–Crippen LogP) is 0.716. The molecule has 0 amide bonds. The quantitative estimate of drug-likeness (QED) is 0.560. The van der Waals surface area contributed by atoms with Gasteiger partial charge in [-0.3, -0.25) is 4.99 Å². The van der Waals surface area contributed by atoms with Gasteiger partial charge in [0.05, 0.1) is 0 Å². The molecule has 20 heavy (non-hydrogen) atoms. The number of hydrogen-bond donors (Lipinski definition) is 3. The van der Waals surface area contributed by atoms with E-state index in [4.69, 9.17) is 17.2 Å². The summed E-state index contributed by atoms with van der Waals surface area (Å²) in [7, 11) is 0. The molecule has 0 aliphatic rings. The van der Waals surface area contributed by atoms with Gasteiger partial charge in [0.2, 0.25) is 5.96 Å². The zero-order chi connectivity index (χ0) is 15.2. The summed E-state index contributed by atoms with van der Waals surface area (Å²) in [5, 5.41) is 0. The third kappa shape index (κ3) is 6.47. The number of rotatable bonds is 4. The van der Waals surface area contributed by atoms with E-state index in [9.17, 15) is 13.2 Å². The molecule has 6 N–H and O–H groups in total. The van der Waals surface area contributed by atoms with Crippen LogP contribution in [0.3, 0.4) is 0 Å². The lowest BCUT2D eigenvalue weighted by atomic mass is 10.1. The van der Waals surface area contributed by atoms with Gasteiger partial charge < -0.3 is 21.9 Å². The van der Waals surface area contributed by atoms with Crippen LogP contribution in [0.25, 0.3) is 0 Å². The number of ether oxygens (including phenoxy) is 1. The molecule has 9 heteroatoms. The van der Waals surface area contributed by atoms with E-state index in [0.717, 1.165) is 5.56 Å². The molecule has 0 fully saturated rings. The fourth-order valence-corrected chi connectivity index (χ4v) is 1.32. The van der Waals surface area contributed by atoms with Crippen LogP contribution in [0, 0.1) is 0 Å². The van der Waals surface area contributed by atoms with Crippen molar-refractivity contribution >= 4 is 11.9 Å². The van der Waals surface area contributed by atoms with Crippen molar-refractivity contribution in [3.05, 3.63) is 29.8 Å². The average Bonchev–Trinajstić information content (AvgIpc) is 2.28. The Hall–Kier alpha value is -2.45. The Morgan fingerprint density at radius 3 is 2.20 bits per heavy atom. The van der Waals surface area contributed by atoms with Gasteiger partial charge in [-0.15, -0.1) is 13.2 Å². The normalized spacial score (nSPS) is 12.1. The maximum atomic E-state index is 12.0. The molecule has 0 radical (unpaired) electrons. The number of guanidine groups is 2. The third-order valence-electron chi connectivity index (χ3n) is 2.07. The SMILES string of the molecule is NC(N)=NC(N)=NCCc1ccc(OC(F)(F)F)cc1. The Labute approximate surface area is 113 Å². The van der Waals surface area contributed by atoms with Crippen LogP contribution >= 0.6 is 0 Å². The molecule has 110 valence electrons. The molecule has 1 rings (SSSR count). The van der Waals surface area contributed by atoms with Gasteiger partial charge >= 0.3 is 6.36 Å². The molecule has 0 aromatic heterocycles. The minimum absolute atomic E-state index is 0.0537. The lowest BCUT2D eigenvalue weighted by Gasteiger charge is -2.08. The van der Waals surface area contributed by atoms with Crippen LogP contribution in [0.1, 0.15) is 5.56 Å². The maximum Gasteiger partial charge on any atom is 0.573 e. The number of halogens is 3. The largest absolute Gasteiger partial charge is 0.573 e. The molecular weight excluding hydrogens is 275 g/mol. The number of nitrogens with zero attached hydrogens (tertiary/aromatic N) is 2. The molecule has 0 aliphatic carbocycles. The maximum absolute atomic E-state index is 12.0. The van der Waals surface area contributed by atoms with Crippen LogP contribution in [0.2, 0.25) is 0 Å². The number of benzene rings is 1. The van der Waals surface area contributed by atoms with E-state index >= 15 is 0 Å². The van der Waals surface area contributed by atoms with Crippen LogP contribution in [0.15, 0.2) is 34.3 Å². The molecule has 0 saturated heterocycles. The molecule has 0 aliphatic heterocycles. The zero-order valence-corrected chi connectivity index (χ0v) is 10.4. The molecular formula is C11H14F3N5O. The number of alkyl halides is 3. The topological polar surface area (TPSA) is 112 Å². The van der Waals surface area contributed by atoms with Gasteiger partial charge in [-0.2, -0.15) is 4.99 Å². The van der Waals surface area contributed by atoms with Gasteiger partial charge in [0, 0.05) is 6.54 Å². The van der Waals surface area contributed by atoms with E-state index in [0.29, 0.717) is 13.0 Å². The summed E-state index contributed by atoms with van der Waals surface area (Å²) in [6.45, 7) is 0.308. The lowest BCUT2D eigenvalue weighted by Crippen LogP contribution is -2.26. The Morgan fingerprint density at radius 1 is 1.10 bits per heavy atom. The number of hydrogen-bond acceptors (Lipinski definition) is 2. The molecule has 0 saturated carbocycles. The second-order valence-electron chi connectivity index (χ2n) is 3.72. The van der Waals surface area contributed by atoms with Gasteiger partial charge in [0.1, 0.15) is 5.75 Å². The van der Waals surface area contributed by atoms with Crippen molar-refractivity contribution in [3.8, 4) is 5.75 Å². The molecule has 0 bridgehead atoms. The number of aliphatic imine (C=N–C) groups is 2. The van der Waals surface area contributed by atoms with Gasteiger partial charge in [-0.1, -0.05) is 12.1 Å². The first-order chi connectivity index (χ1) is 9.26. The average molecular weight is 289 g/mol. The van der Waals surface area contributed by atoms with Crippen LogP contribution in [-0.4, -0.2) is 24.8 Å². The summed E-state index contributed by atoms with van der Waals surface area (Å²) in [5.41, 5.74) is 16.4. The highest BCUT2D eigenvalue weighted by molar-refractivity contribution is 5.92. The Kier molecular flexibility index (Phi) is 5.18. The van der Waals surface area contributed by atoms with E-state index in [1.165, 1.54) is 24.3 Å². The summed E-state index contributed by atoms with van der Waals surface area (Å²) in [6, 6.07) is 5.47. The molecule has 0 atom stereocenters. The fourth-order valence-electron chi connectivity index (χ4n) is 1.32. The van der Waals surface area contributed by atoms with Crippen LogP contribution in [0.4, 0.5) is 13.2 Å². The van der Waals surface area contributed by atoms with Crippen molar-refractivity contribution in [2.45, 2.75) is 12.8 Å². The Balaban J connectivity index is 2.52. The standard InChI is InChI=1S/C11H14F3N5O/c12-11(13,14)20-8-3-1-7(2-4-8)5-6-18-10(17)19-9(15)16/h1-4H,5-6H2,(H6,15,16,17,18,19). The van der Waals surface area contributed by atoms with Crippen molar-refractivity contribution < 1.29 is 17.9 Å². The molecule has 0 heterocycles. The highest BCUT2D eigenvalue weighted by Gasteiger charge is 2.30. The van der Waals surface area contributed by atoms with E-state index < -0.39 is 6.36 Å². The van der Waals surface area contributed by atoms with E-state index in [2.05, 4.69) is 14.7 Å². The molecule has 1 aromatic carbocycles. The monoisotopic (exact) mass is 289 g/mol. The van der Waals surface area contributed by atoms with Crippen LogP contribution in [0.5, 0.6) is 5.75 Å². The first-order valence-electron chi connectivity index (χ1n) is 5.50. The first kappa shape index (κ1) is 15.6. The first-order valence-corrected chi connectivity index (χ1v) is 5.50. The summed E-state index contributed by atoms with van der Waals surface area (Å²) in [5.74, 6) is -0.522. The van der Waals surface area contributed by atoms with Crippen molar-refractivity contribution in [1.82, 2.24) is 0 Å². The molecule has 6 nitrogen and oxygen atoms in total. The minimum Gasteiger partial charge on any atom is -0.406 e. The van der Waals surface area contributed by atoms with Crippen LogP contribution in [-0.2, 0) is 6.42 Å². The fraction of sp³-hybridized carbons (Fsp3) is 0.273. The predicted molar refractivity (Wildman–Crippen MR) is 69.1 cm³/mol. The van der Waals surface area contributed by atoms with Gasteiger partial charge in [0.25, 0.3) is 0 Å². The lowest BCUT2D eigenvalue weighted by molar-refractivity contribution is -0.274. The van der Waals surface area contributed by atoms with E-state index in [1.807, 2.05) is 0 Å². The molecule has 0 spiro atoms. The summed E-state index contributed by atoms with van der Waals surface area (Å²) < 4.78 is 39.6. The minimum atomic E-state index is -4.69. The van der Waals surface area contributed by atoms with Crippen LogP contribution < -0.4 is 21.9 Å². The zero-order valence-electron chi connectivity index (χ0n) is 10.4. The van der Waals surface area contributed by atoms with E-state index in [-0.39, 0.29) is 17.7 Å². The van der Waals surface area contributed by atoms with Gasteiger partial charge in [-0.25, -0.2) is 0 Å². The summed E-state index contributed by atoms with van der Waals surface area (Å²) in [4.78, 5) is 7.40. The Bertz CT molecular complexity index is 492. The van der Waals surface area contributed by atoms with E-state index in [1.54, 1.807) is 0 Å². The van der Waals surface area contributed by atoms with Crippen molar-refractivity contribution in [2.24, 2.45) is 27.2 Å². The summed E-state index contributed by atoms with van der Waals surface area (Å²) >= 11 is 0. The third-order valence-corrected chi connectivity index (χ3v) is 2.07.